The van der Waals surface area contributed by atoms with Crippen molar-refractivity contribution in [1.29, 1.82) is 0 Å². The Balaban J connectivity index is 1.88. The minimum absolute atomic E-state index is 0.0128. The number of nitrogens with zero attached hydrogens (tertiary/aromatic N) is 1. The fourth-order valence-electron chi connectivity index (χ4n) is 3.07. The van der Waals surface area contributed by atoms with Gasteiger partial charge in [-0.3, -0.25) is 4.79 Å². The van der Waals surface area contributed by atoms with Crippen LogP contribution >= 0.6 is 0 Å². The summed E-state index contributed by atoms with van der Waals surface area (Å²) in [5.41, 5.74) is 5.26. The molecule has 0 spiro atoms. The first kappa shape index (κ1) is 15.3. The number of carbonyl (C=O) groups is 1. The van der Waals surface area contributed by atoms with Crippen LogP contribution in [0.2, 0.25) is 0 Å². The fraction of sp³-hybridized carbons (Fsp3) is 0.250. The Morgan fingerprint density at radius 2 is 1.74 bits per heavy atom. The molecule has 3 heteroatoms. The first-order valence-electron chi connectivity index (χ1n) is 8.03. The first-order chi connectivity index (χ1) is 11.1. The zero-order valence-corrected chi connectivity index (χ0v) is 13.9. The number of aromatic nitrogens is 1. The van der Waals surface area contributed by atoms with Gasteiger partial charge in [0.15, 0.2) is 0 Å². The molecule has 0 saturated carbocycles. The van der Waals surface area contributed by atoms with Gasteiger partial charge in [0.2, 0.25) is 0 Å². The van der Waals surface area contributed by atoms with E-state index < -0.39 is 0 Å². The van der Waals surface area contributed by atoms with Crippen molar-refractivity contribution in [1.82, 2.24) is 9.88 Å². The molecule has 0 radical (unpaired) electrons. The molecular formula is C20H22N2O. The average Bonchev–Trinajstić information content (AvgIpc) is 2.86. The van der Waals surface area contributed by atoms with Crippen LogP contribution in [-0.4, -0.2) is 10.5 Å². The van der Waals surface area contributed by atoms with E-state index in [1.807, 2.05) is 19.1 Å². The third kappa shape index (κ3) is 2.87. The highest BCUT2D eigenvalue weighted by Crippen LogP contribution is 2.25. The maximum absolute atomic E-state index is 12.7. The summed E-state index contributed by atoms with van der Waals surface area (Å²) in [6, 6.07) is 16.4. The number of hydrogen-bond acceptors (Lipinski definition) is 1. The summed E-state index contributed by atoms with van der Waals surface area (Å²) >= 11 is 0. The molecule has 3 aromatic rings. The van der Waals surface area contributed by atoms with Crippen LogP contribution in [0.25, 0.3) is 10.9 Å². The summed E-state index contributed by atoms with van der Waals surface area (Å²) in [5, 5.41) is 4.20. The van der Waals surface area contributed by atoms with Crippen LogP contribution in [-0.2, 0) is 13.1 Å². The summed E-state index contributed by atoms with van der Waals surface area (Å²) in [5.74, 6) is -0.0128. The average molecular weight is 306 g/mol. The third-order valence-corrected chi connectivity index (χ3v) is 4.33. The molecule has 0 saturated heterocycles. The van der Waals surface area contributed by atoms with E-state index in [0.717, 1.165) is 34.3 Å². The summed E-state index contributed by atoms with van der Waals surface area (Å²) in [6.45, 7) is 7.48. The van der Waals surface area contributed by atoms with E-state index in [-0.39, 0.29) is 5.91 Å². The lowest BCUT2D eigenvalue weighted by atomic mass is 10.1. The lowest BCUT2D eigenvalue weighted by molar-refractivity contribution is 0.0941. The van der Waals surface area contributed by atoms with Gasteiger partial charge < -0.3 is 9.88 Å². The van der Waals surface area contributed by atoms with Gasteiger partial charge in [0.25, 0.3) is 5.91 Å². The molecule has 3 rings (SSSR count). The molecule has 0 unspecified atom stereocenters. The maximum Gasteiger partial charge on any atom is 0.268 e. The molecule has 118 valence electrons. The Morgan fingerprint density at radius 3 is 2.43 bits per heavy atom. The van der Waals surface area contributed by atoms with Crippen molar-refractivity contribution in [2.45, 2.75) is 33.9 Å². The highest BCUT2D eigenvalue weighted by Gasteiger charge is 2.18. The van der Waals surface area contributed by atoms with Gasteiger partial charge in [-0.25, -0.2) is 0 Å². The van der Waals surface area contributed by atoms with Crippen molar-refractivity contribution < 1.29 is 4.79 Å². The van der Waals surface area contributed by atoms with E-state index in [4.69, 9.17) is 0 Å². The van der Waals surface area contributed by atoms with Gasteiger partial charge in [0.05, 0.1) is 0 Å². The number of benzene rings is 2. The minimum Gasteiger partial charge on any atom is -0.347 e. The molecule has 1 N–H and O–H groups in total. The van der Waals surface area contributed by atoms with Crippen LogP contribution < -0.4 is 5.32 Å². The van der Waals surface area contributed by atoms with Gasteiger partial charge in [-0.2, -0.15) is 0 Å². The lowest BCUT2D eigenvalue weighted by Gasteiger charge is -2.10. The number of rotatable bonds is 4. The highest BCUT2D eigenvalue weighted by atomic mass is 16.1. The van der Waals surface area contributed by atoms with Gasteiger partial charge in [-0.05, 0) is 38.0 Å². The van der Waals surface area contributed by atoms with Crippen molar-refractivity contribution in [3.63, 3.8) is 0 Å². The Bertz CT molecular complexity index is 844. The van der Waals surface area contributed by atoms with E-state index in [2.05, 4.69) is 60.1 Å². The number of para-hydroxylation sites is 1. The molecule has 1 amide bonds. The van der Waals surface area contributed by atoms with Crippen LogP contribution in [0.3, 0.4) is 0 Å². The number of fused-ring (bicyclic) bond motifs is 1. The monoisotopic (exact) mass is 306 g/mol. The standard InChI is InChI=1S/C20H22N2O/c1-4-22-18-8-6-5-7-17(18)15(3)19(22)20(23)21-13-16-11-9-14(2)10-12-16/h5-12H,4,13H2,1-3H3,(H,21,23). The van der Waals surface area contributed by atoms with Gasteiger partial charge in [0, 0.05) is 24.0 Å². The maximum atomic E-state index is 12.7. The molecule has 2 aromatic carbocycles. The van der Waals surface area contributed by atoms with Crippen LogP contribution in [0.5, 0.6) is 0 Å². The number of amides is 1. The van der Waals surface area contributed by atoms with E-state index in [1.54, 1.807) is 0 Å². The molecule has 3 nitrogen and oxygen atoms in total. The SMILES string of the molecule is CCn1c(C(=O)NCc2ccc(C)cc2)c(C)c2ccccc21. The van der Waals surface area contributed by atoms with Gasteiger partial charge in [-0.1, -0.05) is 48.0 Å². The van der Waals surface area contributed by atoms with E-state index in [1.165, 1.54) is 5.56 Å². The smallest absolute Gasteiger partial charge is 0.268 e. The molecule has 0 bridgehead atoms. The van der Waals surface area contributed by atoms with E-state index >= 15 is 0 Å². The molecular weight excluding hydrogens is 284 g/mol. The largest absolute Gasteiger partial charge is 0.347 e. The molecule has 0 aliphatic heterocycles. The zero-order valence-electron chi connectivity index (χ0n) is 13.9. The van der Waals surface area contributed by atoms with Gasteiger partial charge >= 0.3 is 0 Å². The van der Waals surface area contributed by atoms with Crippen molar-refractivity contribution in [3.05, 3.63) is 70.9 Å². The second-order valence-corrected chi connectivity index (χ2v) is 5.90. The molecule has 1 aromatic heterocycles. The van der Waals surface area contributed by atoms with Crippen molar-refractivity contribution in [3.8, 4) is 0 Å². The van der Waals surface area contributed by atoms with Crippen LogP contribution in [0.1, 0.15) is 34.1 Å². The Morgan fingerprint density at radius 1 is 1.04 bits per heavy atom. The Labute approximate surface area is 136 Å². The normalized spacial score (nSPS) is 10.9. The van der Waals surface area contributed by atoms with Crippen LogP contribution in [0.15, 0.2) is 48.5 Å². The molecule has 1 heterocycles. The second-order valence-electron chi connectivity index (χ2n) is 5.90. The van der Waals surface area contributed by atoms with Crippen molar-refractivity contribution in [2.24, 2.45) is 0 Å². The van der Waals surface area contributed by atoms with Gasteiger partial charge in [0.1, 0.15) is 5.69 Å². The number of nitrogens with one attached hydrogen (secondary N) is 1. The topological polar surface area (TPSA) is 34.0 Å². The Kier molecular flexibility index (Phi) is 4.20. The summed E-state index contributed by atoms with van der Waals surface area (Å²) in [7, 11) is 0. The lowest BCUT2D eigenvalue weighted by Crippen LogP contribution is -2.26. The number of hydrogen-bond donors (Lipinski definition) is 1. The van der Waals surface area contributed by atoms with E-state index in [0.29, 0.717) is 6.54 Å². The molecule has 0 aliphatic rings. The van der Waals surface area contributed by atoms with Gasteiger partial charge in [-0.15, -0.1) is 0 Å². The predicted octanol–water partition coefficient (Wildman–Crippen LogP) is 4.21. The molecule has 0 fully saturated rings. The summed E-state index contributed by atoms with van der Waals surface area (Å²) < 4.78 is 2.09. The fourth-order valence-corrected chi connectivity index (χ4v) is 3.07. The molecule has 23 heavy (non-hydrogen) atoms. The quantitative estimate of drug-likeness (QED) is 0.770. The highest BCUT2D eigenvalue weighted by molar-refractivity contribution is 6.01. The third-order valence-electron chi connectivity index (χ3n) is 4.33. The second kappa shape index (κ2) is 6.29. The van der Waals surface area contributed by atoms with E-state index in [9.17, 15) is 4.79 Å². The number of aryl methyl sites for hydroxylation is 3. The van der Waals surface area contributed by atoms with Crippen LogP contribution in [0, 0.1) is 13.8 Å². The zero-order chi connectivity index (χ0) is 16.4. The summed E-state index contributed by atoms with van der Waals surface area (Å²) in [6.07, 6.45) is 0. The predicted molar refractivity (Wildman–Crippen MR) is 94.7 cm³/mol. The first-order valence-corrected chi connectivity index (χ1v) is 8.03. The van der Waals surface area contributed by atoms with Crippen molar-refractivity contribution >= 4 is 16.8 Å². The minimum atomic E-state index is -0.0128. The van der Waals surface area contributed by atoms with Crippen LogP contribution in [0.4, 0.5) is 0 Å². The summed E-state index contributed by atoms with van der Waals surface area (Å²) in [4.78, 5) is 12.7. The molecule has 0 atom stereocenters. The van der Waals surface area contributed by atoms with Crippen molar-refractivity contribution in [2.75, 3.05) is 0 Å². The number of carbonyl (C=O) groups excluding carboxylic acids is 1. The molecule has 0 aliphatic carbocycles. The Hall–Kier alpha value is -2.55.